The number of hydrogen-bond donors (Lipinski definition) is 0. The summed E-state index contributed by atoms with van der Waals surface area (Å²) in [6.07, 6.45) is 3.72. The first-order valence-electron chi connectivity index (χ1n) is 8.19. The number of pyridine rings is 1. The van der Waals surface area contributed by atoms with Gasteiger partial charge in [0.1, 0.15) is 15.8 Å². The Morgan fingerprint density at radius 1 is 1.32 bits per heavy atom. The van der Waals surface area contributed by atoms with Gasteiger partial charge in [0.2, 0.25) is 10.0 Å². The molecular weight excluding hydrogens is 360 g/mol. The van der Waals surface area contributed by atoms with Crippen LogP contribution in [0.1, 0.15) is 24.0 Å². The third kappa shape index (κ3) is 3.81. The molecule has 1 aromatic heterocycles. The quantitative estimate of drug-likeness (QED) is 0.745. The van der Waals surface area contributed by atoms with Crippen molar-refractivity contribution < 1.29 is 13.2 Å². The molecule has 2 heterocycles. The van der Waals surface area contributed by atoms with E-state index in [4.69, 9.17) is 16.3 Å². The fraction of sp³-hybridized carbons (Fsp3) is 0.389. The lowest BCUT2D eigenvalue weighted by Gasteiger charge is -2.24. The molecule has 1 atom stereocenters. The fourth-order valence-corrected chi connectivity index (χ4v) is 5.07. The number of ether oxygens (including phenoxy) is 1. The van der Waals surface area contributed by atoms with E-state index >= 15 is 0 Å². The van der Waals surface area contributed by atoms with Crippen molar-refractivity contribution in [3.8, 4) is 5.75 Å². The number of aromatic nitrogens is 1. The molecule has 1 saturated heterocycles. The Bertz CT molecular complexity index is 853. The van der Waals surface area contributed by atoms with Crippen LogP contribution in [0, 0.1) is 6.92 Å². The van der Waals surface area contributed by atoms with E-state index in [1.165, 1.54) is 18.3 Å². The number of aryl methyl sites for hydroxylation is 1. The largest absolute Gasteiger partial charge is 0.496 e. The topological polar surface area (TPSA) is 59.5 Å². The number of halogens is 1. The van der Waals surface area contributed by atoms with Gasteiger partial charge in [0.15, 0.2) is 0 Å². The highest BCUT2D eigenvalue weighted by molar-refractivity contribution is 7.89. The van der Waals surface area contributed by atoms with Gasteiger partial charge >= 0.3 is 0 Å². The molecule has 1 unspecified atom stereocenters. The van der Waals surface area contributed by atoms with E-state index in [2.05, 4.69) is 11.1 Å². The van der Waals surface area contributed by atoms with Gasteiger partial charge in [-0.05, 0) is 55.5 Å². The van der Waals surface area contributed by atoms with E-state index in [-0.39, 0.29) is 16.1 Å². The van der Waals surface area contributed by atoms with Gasteiger partial charge in [-0.25, -0.2) is 13.4 Å². The molecule has 3 rings (SSSR count). The molecule has 5 nitrogen and oxygen atoms in total. The lowest BCUT2D eigenvalue weighted by molar-refractivity contribution is 0.385. The van der Waals surface area contributed by atoms with E-state index in [1.807, 2.05) is 19.1 Å². The van der Waals surface area contributed by atoms with E-state index in [1.54, 1.807) is 11.4 Å². The zero-order valence-electron chi connectivity index (χ0n) is 14.3. The van der Waals surface area contributed by atoms with Crippen molar-refractivity contribution in [2.24, 2.45) is 0 Å². The minimum atomic E-state index is -3.56. The Balaban J connectivity index is 1.82. The van der Waals surface area contributed by atoms with Gasteiger partial charge in [0.05, 0.1) is 7.11 Å². The molecule has 2 aromatic rings. The van der Waals surface area contributed by atoms with Crippen molar-refractivity contribution in [1.29, 1.82) is 0 Å². The van der Waals surface area contributed by atoms with Gasteiger partial charge in [-0.1, -0.05) is 23.7 Å². The Hall–Kier alpha value is -1.63. The molecular formula is C18H21ClN2O3S. The molecule has 1 fully saturated rings. The van der Waals surface area contributed by atoms with Gasteiger partial charge in [-0.2, -0.15) is 4.31 Å². The first-order valence-corrected chi connectivity index (χ1v) is 10.0. The van der Waals surface area contributed by atoms with Gasteiger partial charge in [0, 0.05) is 18.8 Å². The van der Waals surface area contributed by atoms with Gasteiger partial charge < -0.3 is 4.74 Å². The zero-order chi connectivity index (χ0) is 18.0. The number of nitrogens with zero attached hydrogens (tertiary/aromatic N) is 2. The normalized spacial score (nSPS) is 18.4. The van der Waals surface area contributed by atoms with Crippen LogP contribution in [0.4, 0.5) is 0 Å². The van der Waals surface area contributed by atoms with Crippen LogP contribution >= 0.6 is 11.6 Å². The van der Waals surface area contributed by atoms with Crippen molar-refractivity contribution in [3.63, 3.8) is 0 Å². The molecule has 1 aliphatic heterocycles. The third-order valence-corrected chi connectivity index (χ3v) is 6.72. The zero-order valence-corrected chi connectivity index (χ0v) is 15.8. The van der Waals surface area contributed by atoms with Crippen LogP contribution < -0.4 is 4.74 Å². The SMILES string of the molecule is COc1ccc(CC2CCCN2S(=O)(=O)c2ccc(Cl)nc2)cc1C. The van der Waals surface area contributed by atoms with Crippen LogP contribution in [-0.4, -0.2) is 37.4 Å². The van der Waals surface area contributed by atoms with Crippen molar-refractivity contribution in [2.75, 3.05) is 13.7 Å². The van der Waals surface area contributed by atoms with Crippen molar-refractivity contribution in [1.82, 2.24) is 9.29 Å². The van der Waals surface area contributed by atoms with Crippen LogP contribution in [-0.2, 0) is 16.4 Å². The molecule has 1 aliphatic rings. The Morgan fingerprint density at radius 2 is 2.12 bits per heavy atom. The second-order valence-electron chi connectivity index (χ2n) is 6.24. The molecule has 0 N–H and O–H groups in total. The third-order valence-electron chi connectivity index (χ3n) is 4.56. The van der Waals surface area contributed by atoms with Gasteiger partial charge in [-0.3, -0.25) is 0 Å². The van der Waals surface area contributed by atoms with Gasteiger partial charge in [-0.15, -0.1) is 0 Å². The van der Waals surface area contributed by atoms with Crippen LogP contribution in [0.2, 0.25) is 5.15 Å². The summed E-state index contributed by atoms with van der Waals surface area (Å²) >= 11 is 5.77. The summed E-state index contributed by atoms with van der Waals surface area (Å²) in [5.41, 5.74) is 2.16. The first kappa shape index (κ1) is 18.2. The molecule has 0 aliphatic carbocycles. The average Bonchev–Trinajstić information content (AvgIpc) is 3.04. The second kappa shape index (κ2) is 7.32. The molecule has 0 radical (unpaired) electrons. The molecule has 0 spiro atoms. The fourth-order valence-electron chi connectivity index (χ4n) is 3.32. The lowest BCUT2D eigenvalue weighted by Crippen LogP contribution is -2.36. The van der Waals surface area contributed by atoms with Crippen LogP contribution in [0.25, 0.3) is 0 Å². The molecule has 134 valence electrons. The number of benzene rings is 1. The highest BCUT2D eigenvalue weighted by Crippen LogP contribution is 2.29. The highest BCUT2D eigenvalue weighted by atomic mass is 35.5. The predicted octanol–water partition coefficient (Wildman–Crippen LogP) is 3.45. The number of methoxy groups -OCH3 is 1. The average molecular weight is 381 g/mol. The number of hydrogen-bond acceptors (Lipinski definition) is 4. The Kier molecular flexibility index (Phi) is 5.32. The van der Waals surface area contributed by atoms with Crippen molar-refractivity contribution in [2.45, 2.75) is 37.1 Å². The molecule has 0 saturated carbocycles. The molecule has 0 bridgehead atoms. The molecule has 0 amide bonds. The summed E-state index contributed by atoms with van der Waals surface area (Å²) in [6.45, 7) is 2.52. The summed E-state index contributed by atoms with van der Waals surface area (Å²) in [6, 6.07) is 8.96. The second-order valence-corrected chi connectivity index (χ2v) is 8.51. The number of sulfonamides is 1. The Labute approximate surface area is 153 Å². The maximum atomic E-state index is 12.9. The lowest BCUT2D eigenvalue weighted by atomic mass is 10.0. The maximum Gasteiger partial charge on any atom is 0.244 e. The van der Waals surface area contributed by atoms with Crippen LogP contribution in [0.5, 0.6) is 5.75 Å². The van der Waals surface area contributed by atoms with E-state index in [0.717, 1.165) is 29.7 Å². The summed E-state index contributed by atoms with van der Waals surface area (Å²) in [7, 11) is -1.91. The summed E-state index contributed by atoms with van der Waals surface area (Å²) in [5, 5.41) is 0.283. The van der Waals surface area contributed by atoms with Crippen molar-refractivity contribution in [3.05, 3.63) is 52.8 Å². The first-order chi connectivity index (χ1) is 11.9. The van der Waals surface area contributed by atoms with E-state index < -0.39 is 10.0 Å². The maximum absolute atomic E-state index is 12.9. The standard InChI is InChI=1S/C18H21ClN2O3S/c1-13-10-14(5-7-17(13)24-2)11-15-4-3-9-21(15)25(22,23)16-6-8-18(19)20-12-16/h5-8,10,12,15H,3-4,9,11H2,1-2H3. The predicted molar refractivity (Wildman–Crippen MR) is 97.6 cm³/mol. The summed E-state index contributed by atoms with van der Waals surface area (Å²) in [5.74, 6) is 0.840. The molecule has 7 heteroatoms. The molecule has 1 aromatic carbocycles. The molecule has 25 heavy (non-hydrogen) atoms. The number of rotatable bonds is 5. The Morgan fingerprint density at radius 3 is 2.76 bits per heavy atom. The van der Waals surface area contributed by atoms with Gasteiger partial charge in [0.25, 0.3) is 0 Å². The smallest absolute Gasteiger partial charge is 0.244 e. The minimum Gasteiger partial charge on any atom is -0.496 e. The van der Waals surface area contributed by atoms with E-state index in [0.29, 0.717) is 13.0 Å². The monoisotopic (exact) mass is 380 g/mol. The van der Waals surface area contributed by atoms with Crippen LogP contribution in [0.15, 0.2) is 41.4 Å². The summed E-state index contributed by atoms with van der Waals surface area (Å²) < 4.78 is 32.8. The minimum absolute atomic E-state index is 0.0477. The van der Waals surface area contributed by atoms with E-state index in [9.17, 15) is 8.42 Å². The van der Waals surface area contributed by atoms with Crippen LogP contribution in [0.3, 0.4) is 0 Å². The highest BCUT2D eigenvalue weighted by Gasteiger charge is 2.35. The van der Waals surface area contributed by atoms with Crippen molar-refractivity contribution >= 4 is 21.6 Å². The summed E-state index contributed by atoms with van der Waals surface area (Å²) in [4.78, 5) is 4.09.